The predicted octanol–water partition coefficient (Wildman–Crippen LogP) is 3.33. The first-order valence-electron chi connectivity index (χ1n) is 8.68. The summed E-state index contributed by atoms with van der Waals surface area (Å²) >= 11 is 0. The summed E-state index contributed by atoms with van der Waals surface area (Å²) < 4.78 is 2.10. The van der Waals surface area contributed by atoms with Crippen molar-refractivity contribution >= 4 is 0 Å². The molecule has 124 valence electrons. The fourth-order valence-corrected chi connectivity index (χ4v) is 3.09. The first-order chi connectivity index (χ1) is 11.7. The van der Waals surface area contributed by atoms with Crippen LogP contribution in [0.25, 0.3) is 0 Å². The van der Waals surface area contributed by atoms with E-state index in [1.165, 1.54) is 24.0 Å². The van der Waals surface area contributed by atoms with Gasteiger partial charge in [-0.1, -0.05) is 30.3 Å². The molecular formula is C19H23N5. The van der Waals surface area contributed by atoms with Gasteiger partial charge in [-0.15, -0.1) is 0 Å². The van der Waals surface area contributed by atoms with E-state index in [-0.39, 0.29) is 0 Å². The number of hydrogen-bond donors (Lipinski definition) is 1. The first kappa shape index (κ1) is 15.1. The van der Waals surface area contributed by atoms with Crippen LogP contribution in [-0.4, -0.2) is 25.0 Å². The van der Waals surface area contributed by atoms with E-state index in [4.69, 9.17) is 10.1 Å². The molecule has 0 radical (unpaired) electrons. The second-order valence-electron chi connectivity index (χ2n) is 6.71. The minimum Gasteiger partial charge on any atom is -0.282 e. The highest BCUT2D eigenvalue weighted by atomic mass is 15.3. The Labute approximate surface area is 142 Å². The second kappa shape index (κ2) is 6.23. The van der Waals surface area contributed by atoms with Gasteiger partial charge in [0.05, 0.1) is 5.69 Å². The van der Waals surface area contributed by atoms with Crippen molar-refractivity contribution in [2.24, 2.45) is 0 Å². The maximum Gasteiger partial charge on any atom is 0.154 e. The highest BCUT2D eigenvalue weighted by molar-refractivity contribution is 5.27. The first-order valence-corrected chi connectivity index (χ1v) is 8.68. The Bertz CT molecular complexity index is 807. The van der Waals surface area contributed by atoms with Crippen molar-refractivity contribution in [3.8, 4) is 0 Å². The largest absolute Gasteiger partial charge is 0.282 e. The van der Waals surface area contributed by atoms with Crippen molar-refractivity contribution in [2.75, 3.05) is 0 Å². The molecule has 0 bridgehead atoms. The molecule has 1 aliphatic rings. The Balaban J connectivity index is 1.58. The zero-order chi connectivity index (χ0) is 16.5. The number of hydrogen-bond acceptors (Lipinski definition) is 3. The number of nitrogens with zero attached hydrogens (tertiary/aromatic N) is 4. The third kappa shape index (κ3) is 3.11. The van der Waals surface area contributed by atoms with Gasteiger partial charge in [0.2, 0.25) is 0 Å². The van der Waals surface area contributed by atoms with Crippen molar-refractivity contribution < 1.29 is 0 Å². The molecule has 1 aliphatic carbocycles. The number of nitrogens with one attached hydrogen (secondary N) is 1. The molecule has 0 unspecified atom stereocenters. The Hall–Kier alpha value is -2.43. The topological polar surface area (TPSA) is 59.4 Å². The van der Waals surface area contributed by atoms with Gasteiger partial charge in [0, 0.05) is 30.1 Å². The van der Waals surface area contributed by atoms with Crippen LogP contribution in [0.4, 0.5) is 0 Å². The van der Waals surface area contributed by atoms with Crippen LogP contribution in [0.1, 0.15) is 52.9 Å². The number of aryl methyl sites for hydroxylation is 4. The zero-order valence-electron chi connectivity index (χ0n) is 14.3. The lowest BCUT2D eigenvalue weighted by Crippen LogP contribution is -2.09. The molecule has 0 spiro atoms. The Morgan fingerprint density at radius 1 is 1.17 bits per heavy atom. The minimum absolute atomic E-state index is 0.577. The highest BCUT2D eigenvalue weighted by Gasteiger charge is 2.29. The molecule has 24 heavy (non-hydrogen) atoms. The maximum absolute atomic E-state index is 4.85. The fraction of sp³-hybridized carbons (Fsp3) is 0.421. The summed E-state index contributed by atoms with van der Waals surface area (Å²) in [5.74, 6) is 2.66. The van der Waals surface area contributed by atoms with Gasteiger partial charge in [-0.25, -0.2) is 9.67 Å². The van der Waals surface area contributed by atoms with Crippen LogP contribution in [0.2, 0.25) is 0 Å². The standard InChI is InChI=1S/C19H23N5/c1-13-17(14(2)22-21-13)12-18-20-19(16-8-9-16)23-24(18)11-10-15-6-4-3-5-7-15/h3-7,16H,8-12H2,1-2H3,(H,21,22). The molecule has 1 N–H and O–H groups in total. The summed E-state index contributed by atoms with van der Waals surface area (Å²) in [5, 5.41) is 12.2. The number of aromatic nitrogens is 5. The molecule has 0 amide bonds. The average Bonchev–Trinajstić information content (AvgIpc) is 3.31. The summed E-state index contributed by atoms with van der Waals surface area (Å²) in [4.78, 5) is 4.85. The van der Waals surface area contributed by atoms with Crippen molar-refractivity contribution in [1.29, 1.82) is 0 Å². The molecule has 3 aromatic rings. The highest BCUT2D eigenvalue weighted by Crippen LogP contribution is 2.38. The van der Waals surface area contributed by atoms with Crippen LogP contribution in [0.15, 0.2) is 30.3 Å². The van der Waals surface area contributed by atoms with E-state index < -0.39 is 0 Å². The van der Waals surface area contributed by atoms with Gasteiger partial charge in [0.1, 0.15) is 5.82 Å². The molecule has 2 aromatic heterocycles. The molecule has 4 rings (SSSR count). The van der Waals surface area contributed by atoms with Crippen molar-refractivity contribution in [2.45, 2.75) is 52.0 Å². The molecule has 2 heterocycles. The Kier molecular flexibility index (Phi) is 3.92. The van der Waals surface area contributed by atoms with Crippen molar-refractivity contribution in [3.05, 3.63) is 64.5 Å². The SMILES string of the molecule is Cc1n[nH]c(C)c1Cc1nc(C2CC2)nn1CCc1ccccc1. The Morgan fingerprint density at radius 2 is 1.96 bits per heavy atom. The van der Waals surface area contributed by atoms with Crippen molar-refractivity contribution in [3.63, 3.8) is 0 Å². The molecule has 1 saturated carbocycles. The fourth-order valence-electron chi connectivity index (χ4n) is 3.09. The summed E-state index contributed by atoms with van der Waals surface area (Å²) in [6, 6.07) is 10.6. The average molecular weight is 321 g/mol. The predicted molar refractivity (Wildman–Crippen MR) is 93.0 cm³/mol. The van der Waals surface area contributed by atoms with E-state index in [0.717, 1.165) is 42.4 Å². The third-order valence-corrected chi connectivity index (χ3v) is 4.78. The minimum atomic E-state index is 0.577. The van der Waals surface area contributed by atoms with Crippen LogP contribution in [0, 0.1) is 13.8 Å². The van der Waals surface area contributed by atoms with E-state index in [1.807, 2.05) is 6.92 Å². The van der Waals surface area contributed by atoms with Crippen LogP contribution in [0.3, 0.4) is 0 Å². The van der Waals surface area contributed by atoms with Gasteiger partial charge in [-0.2, -0.15) is 10.2 Å². The number of benzene rings is 1. The lowest BCUT2D eigenvalue weighted by molar-refractivity contribution is 0.580. The maximum atomic E-state index is 4.85. The van der Waals surface area contributed by atoms with Gasteiger partial charge in [-0.3, -0.25) is 5.10 Å². The monoisotopic (exact) mass is 321 g/mol. The van der Waals surface area contributed by atoms with E-state index in [9.17, 15) is 0 Å². The number of rotatable bonds is 6. The quantitative estimate of drug-likeness (QED) is 0.757. The molecular weight excluding hydrogens is 298 g/mol. The lowest BCUT2D eigenvalue weighted by Gasteiger charge is -2.06. The van der Waals surface area contributed by atoms with Gasteiger partial charge >= 0.3 is 0 Å². The molecule has 5 nitrogen and oxygen atoms in total. The molecule has 1 aromatic carbocycles. The molecule has 5 heteroatoms. The van der Waals surface area contributed by atoms with Crippen LogP contribution >= 0.6 is 0 Å². The molecule has 0 aliphatic heterocycles. The molecule has 0 atom stereocenters. The number of H-pyrrole nitrogens is 1. The van der Waals surface area contributed by atoms with Crippen LogP contribution in [-0.2, 0) is 19.4 Å². The Morgan fingerprint density at radius 3 is 2.62 bits per heavy atom. The van der Waals surface area contributed by atoms with Gasteiger partial charge < -0.3 is 0 Å². The van der Waals surface area contributed by atoms with E-state index >= 15 is 0 Å². The summed E-state index contributed by atoms with van der Waals surface area (Å²) in [6.45, 7) is 4.99. The summed E-state index contributed by atoms with van der Waals surface area (Å²) in [5.41, 5.74) is 4.75. The van der Waals surface area contributed by atoms with Crippen LogP contribution in [0.5, 0.6) is 0 Å². The molecule has 0 saturated heterocycles. The number of aromatic amines is 1. The normalized spacial score (nSPS) is 14.2. The van der Waals surface area contributed by atoms with Gasteiger partial charge in [0.15, 0.2) is 5.82 Å². The third-order valence-electron chi connectivity index (χ3n) is 4.78. The summed E-state index contributed by atoms with van der Waals surface area (Å²) in [7, 11) is 0. The van der Waals surface area contributed by atoms with Gasteiger partial charge in [-0.05, 0) is 38.7 Å². The van der Waals surface area contributed by atoms with Crippen molar-refractivity contribution in [1.82, 2.24) is 25.0 Å². The zero-order valence-corrected chi connectivity index (χ0v) is 14.3. The van der Waals surface area contributed by atoms with Gasteiger partial charge in [0.25, 0.3) is 0 Å². The van der Waals surface area contributed by atoms with E-state index in [2.05, 4.69) is 52.1 Å². The van der Waals surface area contributed by atoms with E-state index in [1.54, 1.807) is 0 Å². The molecule has 1 fully saturated rings. The van der Waals surface area contributed by atoms with E-state index in [0.29, 0.717) is 5.92 Å². The second-order valence-corrected chi connectivity index (χ2v) is 6.71. The smallest absolute Gasteiger partial charge is 0.154 e. The summed E-state index contributed by atoms with van der Waals surface area (Å²) in [6.07, 6.45) is 4.23. The van der Waals surface area contributed by atoms with Crippen LogP contribution < -0.4 is 0 Å². The lowest BCUT2D eigenvalue weighted by atomic mass is 10.1.